The molecule has 3 aromatic rings. The molecule has 2 amide bonds. The van der Waals surface area contributed by atoms with Gasteiger partial charge in [0.15, 0.2) is 17.4 Å². The maximum absolute atomic E-state index is 14.6. The van der Waals surface area contributed by atoms with Crippen LogP contribution in [-0.2, 0) is 11.8 Å². The van der Waals surface area contributed by atoms with Gasteiger partial charge in [-0.05, 0) is 44.4 Å². The smallest absolute Gasteiger partial charge is 0.291 e. The molecule has 1 aromatic heterocycles. The lowest BCUT2D eigenvalue weighted by atomic mass is 10.1. The Bertz CT molecular complexity index is 1430. The van der Waals surface area contributed by atoms with E-state index >= 15 is 0 Å². The highest BCUT2D eigenvalue weighted by Crippen LogP contribution is 2.30. The summed E-state index contributed by atoms with van der Waals surface area (Å²) in [6, 6.07) is 7.33. The number of halogens is 3. The van der Waals surface area contributed by atoms with Gasteiger partial charge in [0.05, 0.1) is 29.6 Å². The van der Waals surface area contributed by atoms with E-state index in [0.29, 0.717) is 24.3 Å². The number of imidazole rings is 1. The summed E-state index contributed by atoms with van der Waals surface area (Å²) in [5.41, 5.74) is 0.862. The standard InChI is InChI=1S/C27H31ClF2N6O3.CH2O2/c1-33(2)9-10-35-11-13-36(14-12-35)27(38)18-6-5-17(15-20(18)28)32-26(37)25-31-16-21(34(25)3)19-7-8-22(39-4)24(30)23(19)29;2-1-3/h5-8,15-16H,9-14H2,1-4H3,(H,32,37);1H,(H,2,3). The summed E-state index contributed by atoms with van der Waals surface area (Å²) in [4.78, 5) is 44.7. The lowest BCUT2D eigenvalue weighted by Gasteiger charge is -2.35. The molecule has 1 aliphatic rings. The molecule has 0 atom stereocenters. The molecule has 2 N–H and O–H groups in total. The molecule has 0 spiro atoms. The van der Waals surface area contributed by atoms with Crippen molar-refractivity contribution in [2.45, 2.75) is 0 Å². The first-order valence-corrected chi connectivity index (χ1v) is 13.3. The first-order chi connectivity index (χ1) is 20.0. The maximum atomic E-state index is 14.6. The number of anilines is 1. The van der Waals surface area contributed by atoms with Gasteiger partial charge in [-0.1, -0.05) is 11.6 Å². The van der Waals surface area contributed by atoms with Gasteiger partial charge < -0.3 is 29.5 Å². The molecule has 1 saturated heterocycles. The number of hydrogen-bond donors (Lipinski definition) is 2. The SMILES string of the molecule is COc1ccc(-c2cnc(C(=O)Nc3ccc(C(=O)N4CCN(CCN(C)C)CC4)c(Cl)c3)n2C)c(F)c1F.O=CO. The Balaban J connectivity index is 0.00000155. The Kier molecular flexibility index (Phi) is 11.4. The number of nitrogens with zero attached hydrogens (tertiary/aromatic N) is 5. The summed E-state index contributed by atoms with van der Waals surface area (Å²) in [6.45, 7) is 4.48. The van der Waals surface area contributed by atoms with Crippen molar-refractivity contribution >= 4 is 35.6 Å². The van der Waals surface area contributed by atoms with Gasteiger partial charge in [-0.25, -0.2) is 9.37 Å². The van der Waals surface area contributed by atoms with Crippen LogP contribution in [0, 0.1) is 11.6 Å². The molecular formula is C28H33ClF2N6O5. The number of carboxylic acid groups (broad SMARTS) is 1. The van der Waals surface area contributed by atoms with Gasteiger partial charge in [0.2, 0.25) is 5.82 Å². The molecule has 42 heavy (non-hydrogen) atoms. The van der Waals surface area contributed by atoms with E-state index in [-0.39, 0.29) is 40.2 Å². The number of hydrogen-bond acceptors (Lipinski definition) is 7. The molecule has 1 fully saturated rings. The van der Waals surface area contributed by atoms with Crippen LogP contribution in [0.15, 0.2) is 36.5 Å². The zero-order valence-electron chi connectivity index (χ0n) is 23.7. The molecule has 1 aliphatic heterocycles. The van der Waals surface area contributed by atoms with Crippen LogP contribution < -0.4 is 10.1 Å². The van der Waals surface area contributed by atoms with E-state index < -0.39 is 17.5 Å². The second-order valence-electron chi connectivity index (χ2n) is 9.66. The zero-order chi connectivity index (χ0) is 31.0. The van der Waals surface area contributed by atoms with E-state index in [0.717, 1.165) is 26.2 Å². The van der Waals surface area contributed by atoms with Gasteiger partial charge >= 0.3 is 0 Å². The summed E-state index contributed by atoms with van der Waals surface area (Å²) in [7, 11) is 6.84. The van der Waals surface area contributed by atoms with E-state index in [1.165, 1.54) is 43.1 Å². The lowest BCUT2D eigenvalue weighted by molar-refractivity contribution is -0.122. The van der Waals surface area contributed by atoms with Crippen molar-refractivity contribution < 1.29 is 33.0 Å². The number of ether oxygens (including phenoxy) is 1. The van der Waals surface area contributed by atoms with Crippen LogP contribution in [0.5, 0.6) is 5.75 Å². The van der Waals surface area contributed by atoms with Crippen molar-refractivity contribution in [2.75, 3.05) is 65.8 Å². The Morgan fingerprint density at radius 2 is 1.81 bits per heavy atom. The minimum absolute atomic E-state index is 0.0240. The van der Waals surface area contributed by atoms with Crippen LogP contribution >= 0.6 is 11.6 Å². The monoisotopic (exact) mass is 606 g/mol. The Hall–Kier alpha value is -4.07. The average molecular weight is 607 g/mol. The van der Waals surface area contributed by atoms with Crippen molar-refractivity contribution in [1.29, 1.82) is 0 Å². The van der Waals surface area contributed by atoms with Crippen molar-refractivity contribution in [2.24, 2.45) is 7.05 Å². The molecule has 14 heteroatoms. The van der Waals surface area contributed by atoms with Crippen molar-refractivity contribution in [3.8, 4) is 17.0 Å². The van der Waals surface area contributed by atoms with Crippen molar-refractivity contribution in [1.82, 2.24) is 24.3 Å². The highest BCUT2D eigenvalue weighted by Gasteiger charge is 2.25. The third kappa shape index (κ3) is 7.60. The number of piperazine rings is 1. The van der Waals surface area contributed by atoms with Gasteiger partial charge in [0.25, 0.3) is 18.3 Å². The number of amides is 2. The zero-order valence-corrected chi connectivity index (χ0v) is 24.5. The van der Waals surface area contributed by atoms with Crippen LogP contribution in [0.1, 0.15) is 21.0 Å². The van der Waals surface area contributed by atoms with E-state index in [4.69, 9.17) is 26.2 Å². The molecule has 2 heterocycles. The number of nitrogens with one attached hydrogen (secondary N) is 1. The van der Waals surface area contributed by atoms with Crippen LogP contribution in [-0.4, -0.2) is 108 Å². The predicted octanol–water partition coefficient (Wildman–Crippen LogP) is 3.30. The van der Waals surface area contributed by atoms with E-state index in [1.807, 2.05) is 14.1 Å². The summed E-state index contributed by atoms with van der Waals surface area (Å²) in [6.07, 6.45) is 1.29. The van der Waals surface area contributed by atoms with E-state index in [9.17, 15) is 18.4 Å². The average Bonchev–Trinajstić information content (AvgIpc) is 3.34. The van der Waals surface area contributed by atoms with Gasteiger partial charge in [-0.2, -0.15) is 4.39 Å². The number of benzene rings is 2. The van der Waals surface area contributed by atoms with Crippen LogP contribution in [0.3, 0.4) is 0 Å². The first-order valence-electron chi connectivity index (χ1n) is 12.9. The molecule has 0 radical (unpaired) electrons. The third-order valence-corrected chi connectivity index (χ3v) is 7.03. The van der Waals surface area contributed by atoms with E-state index in [1.54, 1.807) is 17.0 Å². The fourth-order valence-corrected chi connectivity index (χ4v) is 4.66. The molecular weight excluding hydrogens is 574 g/mol. The van der Waals surface area contributed by atoms with Gasteiger partial charge in [0.1, 0.15) is 0 Å². The topological polar surface area (TPSA) is 120 Å². The molecule has 11 nitrogen and oxygen atoms in total. The second kappa shape index (κ2) is 14.7. The second-order valence-corrected chi connectivity index (χ2v) is 10.1. The Morgan fingerprint density at radius 1 is 1.14 bits per heavy atom. The highest BCUT2D eigenvalue weighted by atomic mass is 35.5. The summed E-state index contributed by atoms with van der Waals surface area (Å²) >= 11 is 6.44. The molecule has 2 aromatic carbocycles. The quantitative estimate of drug-likeness (QED) is 0.375. The molecule has 226 valence electrons. The van der Waals surface area contributed by atoms with Gasteiger partial charge in [0, 0.05) is 57.6 Å². The fraction of sp³-hybridized carbons (Fsp3) is 0.357. The number of carbonyl (C=O) groups is 3. The van der Waals surface area contributed by atoms with Crippen LogP contribution in [0.4, 0.5) is 14.5 Å². The summed E-state index contributed by atoms with van der Waals surface area (Å²) in [5.74, 6) is -3.22. The highest BCUT2D eigenvalue weighted by molar-refractivity contribution is 6.34. The number of methoxy groups -OCH3 is 1. The fourth-order valence-electron chi connectivity index (χ4n) is 4.40. The first kappa shape index (κ1) is 32.4. The third-order valence-electron chi connectivity index (χ3n) is 6.71. The summed E-state index contributed by atoms with van der Waals surface area (Å²) in [5, 5.41) is 9.79. The normalized spacial score (nSPS) is 13.4. The number of likely N-dealkylation sites (N-methyl/N-ethyl adjacent to an activating group) is 1. The number of aromatic nitrogens is 2. The minimum atomic E-state index is -1.13. The number of rotatable bonds is 8. The van der Waals surface area contributed by atoms with E-state index in [2.05, 4.69) is 20.1 Å². The molecule has 4 rings (SSSR count). The predicted molar refractivity (Wildman–Crippen MR) is 154 cm³/mol. The largest absolute Gasteiger partial charge is 0.494 e. The molecule has 0 unspecified atom stereocenters. The van der Waals surface area contributed by atoms with Crippen LogP contribution in [0.2, 0.25) is 5.02 Å². The molecule has 0 saturated carbocycles. The van der Waals surface area contributed by atoms with Gasteiger partial charge in [-0.3, -0.25) is 19.3 Å². The Morgan fingerprint density at radius 3 is 2.40 bits per heavy atom. The van der Waals surface area contributed by atoms with Crippen molar-refractivity contribution in [3.05, 3.63) is 64.6 Å². The van der Waals surface area contributed by atoms with Gasteiger partial charge in [-0.15, -0.1) is 0 Å². The van der Waals surface area contributed by atoms with Crippen LogP contribution in [0.25, 0.3) is 11.3 Å². The molecule has 0 bridgehead atoms. The summed E-state index contributed by atoms with van der Waals surface area (Å²) < 4.78 is 35.0. The lowest BCUT2D eigenvalue weighted by Crippen LogP contribution is -2.50. The molecule has 0 aliphatic carbocycles. The maximum Gasteiger partial charge on any atom is 0.291 e. The minimum Gasteiger partial charge on any atom is -0.494 e. The van der Waals surface area contributed by atoms with Crippen molar-refractivity contribution in [3.63, 3.8) is 0 Å². The Labute approximate surface area is 247 Å². The number of carbonyl (C=O) groups excluding carboxylic acids is 2.